The molecule has 0 unspecified atom stereocenters. The number of carbonyl (C=O) groups is 2. The van der Waals surface area contributed by atoms with Crippen molar-refractivity contribution >= 4 is 11.9 Å². The number of piperidine rings is 1. The summed E-state index contributed by atoms with van der Waals surface area (Å²) in [6.07, 6.45) is -3.40. The van der Waals surface area contributed by atoms with Crippen LogP contribution in [-0.2, 0) is 4.79 Å². The maximum Gasteiger partial charge on any atom is 0.405 e. The van der Waals surface area contributed by atoms with Crippen LogP contribution in [-0.4, -0.2) is 49.2 Å². The third kappa shape index (κ3) is 6.74. The number of amides is 3. The van der Waals surface area contributed by atoms with E-state index in [-0.39, 0.29) is 6.54 Å². The molecule has 5 nitrogen and oxygen atoms in total. The van der Waals surface area contributed by atoms with Crippen molar-refractivity contribution < 1.29 is 22.8 Å². The lowest BCUT2D eigenvalue weighted by Gasteiger charge is -2.34. The molecule has 0 radical (unpaired) electrons. The average Bonchev–Trinajstić information content (AvgIpc) is 2.23. The van der Waals surface area contributed by atoms with Gasteiger partial charge in [-0.1, -0.05) is 13.8 Å². The predicted octanol–water partition coefficient (Wildman–Crippen LogP) is 1.35. The summed E-state index contributed by atoms with van der Waals surface area (Å²) in [6, 6.07) is -1.12. The van der Waals surface area contributed by atoms with Gasteiger partial charge in [-0.25, -0.2) is 4.79 Å². The Bertz CT molecular complexity index is 350. The first-order chi connectivity index (χ1) is 9.15. The number of carbonyl (C=O) groups excluding carboxylic acids is 2. The van der Waals surface area contributed by atoms with Crippen LogP contribution in [0.5, 0.6) is 0 Å². The second-order valence-corrected chi connectivity index (χ2v) is 5.49. The Morgan fingerprint density at radius 3 is 2.25 bits per heavy atom. The van der Waals surface area contributed by atoms with Crippen molar-refractivity contribution in [3.63, 3.8) is 0 Å². The molecule has 1 aliphatic rings. The van der Waals surface area contributed by atoms with Crippen molar-refractivity contribution in [2.24, 2.45) is 11.8 Å². The topological polar surface area (TPSA) is 61.4 Å². The molecule has 0 saturated carbocycles. The number of alkyl halides is 3. The molecule has 0 aromatic carbocycles. The highest BCUT2D eigenvalue weighted by Crippen LogP contribution is 2.20. The molecule has 0 bridgehead atoms. The summed E-state index contributed by atoms with van der Waals surface area (Å²) in [5.41, 5.74) is 0. The average molecular weight is 295 g/mol. The largest absolute Gasteiger partial charge is 0.405 e. The Kier molecular flexibility index (Phi) is 5.79. The fraction of sp³-hybridized carbons (Fsp3) is 0.833. The SMILES string of the molecule is C[C@@H]1C[C@H](C)CN(CC(=O)NC(=O)NCC(F)(F)F)C1. The van der Waals surface area contributed by atoms with E-state index in [2.05, 4.69) is 13.8 Å². The predicted molar refractivity (Wildman–Crippen MR) is 67.0 cm³/mol. The lowest BCUT2D eigenvalue weighted by atomic mass is 9.92. The molecule has 8 heteroatoms. The van der Waals surface area contributed by atoms with Gasteiger partial charge in [-0.15, -0.1) is 0 Å². The minimum absolute atomic E-state index is 0.0219. The van der Waals surface area contributed by atoms with E-state index in [1.165, 1.54) is 0 Å². The molecule has 1 saturated heterocycles. The summed E-state index contributed by atoms with van der Waals surface area (Å²) in [6.45, 7) is 4.23. The van der Waals surface area contributed by atoms with Crippen LogP contribution in [0, 0.1) is 11.8 Å². The van der Waals surface area contributed by atoms with Crippen LogP contribution in [0.1, 0.15) is 20.3 Å². The summed E-state index contributed by atoms with van der Waals surface area (Å²) in [5.74, 6) is 0.335. The molecule has 116 valence electrons. The maximum atomic E-state index is 11.9. The summed E-state index contributed by atoms with van der Waals surface area (Å²) in [7, 11) is 0. The van der Waals surface area contributed by atoms with Crippen molar-refractivity contribution in [2.45, 2.75) is 26.4 Å². The molecule has 0 aromatic heterocycles. The van der Waals surface area contributed by atoms with Crippen LogP contribution in [0.4, 0.5) is 18.0 Å². The number of urea groups is 1. The van der Waals surface area contributed by atoms with E-state index >= 15 is 0 Å². The summed E-state index contributed by atoms with van der Waals surface area (Å²) in [4.78, 5) is 24.6. The Balaban J connectivity index is 2.30. The van der Waals surface area contributed by atoms with Crippen molar-refractivity contribution in [1.29, 1.82) is 0 Å². The number of likely N-dealkylation sites (tertiary alicyclic amines) is 1. The molecular formula is C12H20F3N3O2. The normalized spacial score (nSPS) is 24.2. The van der Waals surface area contributed by atoms with E-state index in [4.69, 9.17) is 0 Å². The lowest BCUT2D eigenvalue weighted by molar-refractivity contribution is -0.125. The van der Waals surface area contributed by atoms with Crippen LogP contribution < -0.4 is 10.6 Å². The van der Waals surface area contributed by atoms with E-state index in [0.717, 1.165) is 19.5 Å². The van der Waals surface area contributed by atoms with Crippen LogP contribution >= 0.6 is 0 Å². The van der Waals surface area contributed by atoms with E-state index in [1.807, 2.05) is 10.2 Å². The van der Waals surface area contributed by atoms with Crippen molar-refractivity contribution in [2.75, 3.05) is 26.2 Å². The zero-order valence-electron chi connectivity index (χ0n) is 11.6. The smallest absolute Gasteiger partial charge is 0.329 e. The summed E-state index contributed by atoms with van der Waals surface area (Å²) < 4.78 is 35.6. The zero-order valence-corrected chi connectivity index (χ0v) is 11.6. The third-order valence-electron chi connectivity index (χ3n) is 3.01. The summed E-state index contributed by atoms with van der Waals surface area (Å²) >= 11 is 0. The molecule has 1 rings (SSSR count). The second kappa shape index (κ2) is 6.92. The van der Waals surface area contributed by atoms with E-state index in [0.29, 0.717) is 11.8 Å². The van der Waals surface area contributed by atoms with Gasteiger partial charge < -0.3 is 5.32 Å². The second-order valence-electron chi connectivity index (χ2n) is 5.49. The van der Waals surface area contributed by atoms with Gasteiger partial charge in [0.25, 0.3) is 0 Å². The highest BCUT2D eigenvalue weighted by Gasteiger charge is 2.28. The maximum absolute atomic E-state index is 11.9. The van der Waals surface area contributed by atoms with Gasteiger partial charge in [0, 0.05) is 13.1 Å². The van der Waals surface area contributed by atoms with Gasteiger partial charge in [-0.3, -0.25) is 15.0 Å². The molecule has 0 aromatic rings. The highest BCUT2D eigenvalue weighted by atomic mass is 19.4. The molecule has 1 fully saturated rings. The molecule has 2 atom stereocenters. The van der Waals surface area contributed by atoms with Crippen molar-refractivity contribution in [1.82, 2.24) is 15.5 Å². The molecule has 1 aliphatic heterocycles. The van der Waals surface area contributed by atoms with Gasteiger partial charge in [0.1, 0.15) is 6.54 Å². The lowest BCUT2D eigenvalue weighted by Crippen LogP contribution is -2.49. The molecule has 0 spiro atoms. The number of rotatable bonds is 3. The number of nitrogens with zero attached hydrogens (tertiary/aromatic N) is 1. The Hall–Kier alpha value is -1.31. The Morgan fingerprint density at radius 1 is 1.20 bits per heavy atom. The summed E-state index contributed by atoms with van der Waals surface area (Å²) in [5, 5.41) is 3.49. The Morgan fingerprint density at radius 2 is 1.75 bits per heavy atom. The fourth-order valence-corrected chi connectivity index (χ4v) is 2.52. The minimum Gasteiger partial charge on any atom is -0.329 e. The molecule has 1 heterocycles. The zero-order chi connectivity index (χ0) is 15.3. The van der Waals surface area contributed by atoms with Crippen molar-refractivity contribution in [3.8, 4) is 0 Å². The van der Waals surface area contributed by atoms with Gasteiger partial charge in [-0.2, -0.15) is 13.2 Å². The highest BCUT2D eigenvalue weighted by molar-refractivity contribution is 5.95. The minimum atomic E-state index is -4.49. The van der Waals surface area contributed by atoms with Crippen molar-refractivity contribution in [3.05, 3.63) is 0 Å². The molecule has 3 amide bonds. The molecule has 2 N–H and O–H groups in total. The fourth-order valence-electron chi connectivity index (χ4n) is 2.52. The van der Waals surface area contributed by atoms with E-state index < -0.39 is 24.7 Å². The first-order valence-corrected chi connectivity index (χ1v) is 6.52. The number of hydrogen-bond acceptors (Lipinski definition) is 3. The number of hydrogen-bond donors (Lipinski definition) is 2. The quantitative estimate of drug-likeness (QED) is 0.826. The first kappa shape index (κ1) is 16.7. The molecule has 20 heavy (non-hydrogen) atoms. The van der Waals surface area contributed by atoms with E-state index in [9.17, 15) is 22.8 Å². The van der Waals surface area contributed by atoms with Gasteiger partial charge in [0.15, 0.2) is 0 Å². The Labute approximate surface area is 115 Å². The third-order valence-corrected chi connectivity index (χ3v) is 3.01. The van der Waals surface area contributed by atoms with Gasteiger partial charge in [0.05, 0.1) is 6.54 Å². The molecular weight excluding hydrogens is 275 g/mol. The number of halogens is 3. The number of nitrogens with one attached hydrogen (secondary N) is 2. The van der Waals surface area contributed by atoms with Crippen LogP contribution in [0.15, 0.2) is 0 Å². The van der Waals surface area contributed by atoms with Crippen LogP contribution in [0.3, 0.4) is 0 Å². The van der Waals surface area contributed by atoms with Crippen LogP contribution in [0.2, 0.25) is 0 Å². The van der Waals surface area contributed by atoms with Gasteiger partial charge >= 0.3 is 12.2 Å². The van der Waals surface area contributed by atoms with Gasteiger partial charge in [0.2, 0.25) is 5.91 Å². The van der Waals surface area contributed by atoms with Crippen LogP contribution in [0.25, 0.3) is 0 Å². The molecule has 0 aliphatic carbocycles. The standard InChI is InChI=1S/C12H20F3N3O2/c1-8-3-9(2)5-18(4-8)6-10(19)17-11(20)16-7-12(13,14)15/h8-9H,3-7H2,1-2H3,(H2,16,17,19,20)/t8-,9+. The van der Waals surface area contributed by atoms with Gasteiger partial charge in [-0.05, 0) is 18.3 Å². The van der Waals surface area contributed by atoms with E-state index in [1.54, 1.807) is 5.32 Å². The first-order valence-electron chi connectivity index (χ1n) is 6.52. The number of imide groups is 1. The monoisotopic (exact) mass is 295 g/mol.